The lowest BCUT2D eigenvalue weighted by Crippen LogP contribution is -2.07. The number of hydrogen-bond donors (Lipinski definition) is 1. The highest BCUT2D eigenvalue weighted by atomic mass is 35.5. The van der Waals surface area contributed by atoms with Gasteiger partial charge >= 0.3 is 0 Å². The zero-order chi connectivity index (χ0) is 12.6. The van der Waals surface area contributed by atoms with Gasteiger partial charge in [-0.1, -0.05) is 25.4 Å². The van der Waals surface area contributed by atoms with Gasteiger partial charge in [0.1, 0.15) is 0 Å². The summed E-state index contributed by atoms with van der Waals surface area (Å²) in [5.41, 5.74) is 8.16. The minimum Gasteiger partial charge on any atom is -0.398 e. The Labute approximate surface area is 105 Å². The number of aromatic nitrogens is 4. The van der Waals surface area contributed by atoms with Gasteiger partial charge in [0, 0.05) is 5.92 Å². The van der Waals surface area contributed by atoms with Crippen molar-refractivity contribution in [3.05, 3.63) is 28.5 Å². The van der Waals surface area contributed by atoms with E-state index in [0.717, 1.165) is 17.1 Å². The number of benzene rings is 1. The largest absolute Gasteiger partial charge is 0.398 e. The fraction of sp³-hybridized carbons (Fsp3) is 0.364. The molecule has 90 valence electrons. The number of hydrogen-bond acceptors (Lipinski definition) is 4. The third-order valence-corrected chi connectivity index (χ3v) is 2.88. The summed E-state index contributed by atoms with van der Waals surface area (Å²) >= 11 is 6.03. The van der Waals surface area contributed by atoms with E-state index in [4.69, 9.17) is 17.3 Å². The monoisotopic (exact) mass is 251 g/mol. The second kappa shape index (κ2) is 4.33. The molecular formula is C11H14ClN5. The summed E-state index contributed by atoms with van der Waals surface area (Å²) in [6.45, 7) is 6.03. The topological polar surface area (TPSA) is 69.6 Å². The fourth-order valence-corrected chi connectivity index (χ4v) is 1.81. The third kappa shape index (κ3) is 2.10. The summed E-state index contributed by atoms with van der Waals surface area (Å²) in [5, 5.41) is 12.2. The maximum Gasteiger partial charge on any atom is 0.159 e. The van der Waals surface area contributed by atoms with E-state index in [1.54, 1.807) is 10.7 Å². The van der Waals surface area contributed by atoms with Crippen LogP contribution in [0.25, 0.3) is 5.69 Å². The molecule has 0 bridgehead atoms. The molecule has 0 saturated carbocycles. The van der Waals surface area contributed by atoms with Gasteiger partial charge in [0.25, 0.3) is 0 Å². The van der Waals surface area contributed by atoms with Crippen LogP contribution in [-0.4, -0.2) is 20.2 Å². The molecule has 2 aromatic rings. The predicted molar refractivity (Wildman–Crippen MR) is 67.4 cm³/mol. The molecule has 0 radical (unpaired) electrons. The minimum atomic E-state index is 0.237. The first-order chi connectivity index (χ1) is 8.00. The first-order valence-electron chi connectivity index (χ1n) is 5.35. The lowest BCUT2D eigenvalue weighted by atomic mass is 10.1. The van der Waals surface area contributed by atoms with E-state index in [0.29, 0.717) is 10.7 Å². The molecule has 0 unspecified atom stereocenters. The van der Waals surface area contributed by atoms with Crippen LogP contribution in [-0.2, 0) is 0 Å². The molecule has 0 aliphatic carbocycles. The molecular weight excluding hydrogens is 238 g/mol. The van der Waals surface area contributed by atoms with Crippen molar-refractivity contribution in [3.63, 3.8) is 0 Å². The van der Waals surface area contributed by atoms with E-state index in [2.05, 4.69) is 15.5 Å². The van der Waals surface area contributed by atoms with E-state index in [9.17, 15) is 0 Å². The molecule has 1 aromatic carbocycles. The Hall–Kier alpha value is -1.62. The van der Waals surface area contributed by atoms with Crippen molar-refractivity contribution in [2.75, 3.05) is 5.73 Å². The molecule has 0 atom stereocenters. The van der Waals surface area contributed by atoms with Crippen molar-refractivity contribution in [1.29, 1.82) is 0 Å². The Kier molecular flexibility index (Phi) is 3.02. The number of nitrogens with zero attached hydrogens (tertiary/aromatic N) is 4. The van der Waals surface area contributed by atoms with Crippen molar-refractivity contribution in [2.45, 2.75) is 26.7 Å². The average Bonchev–Trinajstić information content (AvgIpc) is 2.72. The summed E-state index contributed by atoms with van der Waals surface area (Å²) in [7, 11) is 0. The molecule has 0 fully saturated rings. The first-order valence-corrected chi connectivity index (χ1v) is 5.72. The van der Waals surface area contributed by atoms with Crippen LogP contribution in [0.1, 0.15) is 31.2 Å². The summed E-state index contributed by atoms with van der Waals surface area (Å²) < 4.78 is 1.70. The maximum atomic E-state index is 6.03. The van der Waals surface area contributed by atoms with Gasteiger partial charge in [-0.05, 0) is 35.0 Å². The molecule has 6 heteroatoms. The predicted octanol–water partition coefficient (Wildman–Crippen LogP) is 2.33. The van der Waals surface area contributed by atoms with Gasteiger partial charge in [0.05, 0.1) is 16.4 Å². The van der Waals surface area contributed by atoms with Crippen molar-refractivity contribution in [1.82, 2.24) is 20.2 Å². The van der Waals surface area contributed by atoms with E-state index in [1.165, 1.54) is 0 Å². The molecule has 0 amide bonds. The second-order valence-corrected chi connectivity index (χ2v) is 4.67. The zero-order valence-electron chi connectivity index (χ0n) is 9.98. The Morgan fingerprint density at radius 2 is 2.06 bits per heavy atom. The zero-order valence-corrected chi connectivity index (χ0v) is 10.7. The van der Waals surface area contributed by atoms with Crippen LogP contribution in [0.5, 0.6) is 0 Å². The molecule has 0 spiro atoms. The van der Waals surface area contributed by atoms with Gasteiger partial charge in [0.2, 0.25) is 0 Å². The van der Waals surface area contributed by atoms with Crippen LogP contribution in [0.3, 0.4) is 0 Å². The smallest absolute Gasteiger partial charge is 0.159 e. The van der Waals surface area contributed by atoms with Crippen LogP contribution >= 0.6 is 11.6 Å². The van der Waals surface area contributed by atoms with Gasteiger partial charge in [0.15, 0.2) is 5.82 Å². The standard InChI is InChI=1S/C11H14ClN5/c1-6(2)11-14-15-16-17(11)10-5-8(12)9(13)4-7(10)3/h4-6H,13H2,1-3H3. The van der Waals surface area contributed by atoms with Gasteiger partial charge in [-0.15, -0.1) is 5.10 Å². The van der Waals surface area contributed by atoms with Crippen LogP contribution in [0.2, 0.25) is 5.02 Å². The molecule has 0 saturated heterocycles. The van der Waals surface area contributed by atoms with Crippen LogP contribution in [0.4, 0.5) is 5.69 Å². The van der Waals surface area contributed by atoms with Gasteiger partial charge in [-0.25, -0.2) is 0 Å². The summed E-state index contributed by atoms with van der Waals surface area (Å²) in [4.78, 5) is 0. The van der Waals surface area contributed by atoms with E-state index in [1.807, 2.05) is 26.8 Å². The average molecular weight is 252 g/mol. The lowest BCUT2D eigenvalue weighted by molar-refractivity contribution is 0.707. The van der Waals surface area contributed by atoms with Crippen molar-refractivity contribution in [2.24, 2.45) is 0 Å². The number of aryl methyl sites for hydroxylation is 1. The molecule has 2 rings (SSSR count). The third-order valence-electron chi connectivity index (χ3n) is 2.55. The van der Waals surface area contributed by atoms with E-state index < -0.39 is 0 Å². The molecule has 1 heterocycles. The van der Waals surface area contributed by atoms with Crippen LogP contribution in [0.15, 0.2) is 12.1 Å². The van der Waals surface area contributed by atoms with Crippen LogP contribution in [0, 0.1) is 6.92 Å². The highest BCUT2D eigenvalue weighted by Crippen LogP contribution is 2.26. The molecule has 1 aromatic heterocycles. The highest BCUT2D eigenvalue weighted by molar-refractivity contribution is 6.33. The molecule has 5 nitrogen and oxygen atoms in total. The normalized spacial score (nSPS) is 11.1. The van der Waals surface area contributed by atoms with Gasteiger partial charge in [-0.3, -0.25) is 0 Å². The highest BCUT2D eigenvalue weighted by Gasteiger charge is 2.14. The Morgan fingerprint density at radius 1 is 1.35 bits per heavy atom. The van der Waals surface area contributed by atoms with E-state index in [-0.39, 0.29) is 5.92 Å². The second-order valence-electron chi connectivity index (χ2n) is 4.26. The summed E-state index contributed by atoms with van der Waals surface area (Å²) in [6.07, 6.45) is 0. The molecule has 0 aliphatic rings. The number of tetrazole rings is 1. The number of nitrogen functional groups attached to an aromatic ring is 1. The van der Waals surface area contributed by atoms with Gasteiger partial charge in [-0.2, -0.15) is 4.68 Å². The minimum absolute atomic E-state index is 0.237. The lowest BCUT2D eigenvalue weighted by Gasteiger charge is -2.11. The van der Waals surface area contributed by atoms with Crippen molar-refractivity contribution in [3.8, 4) is 5.69 Å². The van der Waals surface area contributed by atoms with Crippen molar-refractivity contribution < 1.29 is 0 Å². The summed E-state index contributed by atoms with van der Waals surface area (Å²) in [6, 6.07) is 3.61. The van der Waals surface area contributed by atoms with Crippen LogP contribution < -0.4 is 5.73 Å². The molecule has 0 aliphatic heterocycles. The Morgan fingerprint density at radius 3 is 2.71 bits per heavy atom. The molecule has 2 N–H and O–H groups in total. The molecule has 17 heavy (non-hydrogen) atoms. The Balaban J connectivity index is 2.60. The van der Waals surface area contributed by atoms with Gasteiger partial charge < -0.3 is 5.73 Å². The number of anilines is 1. The SMILES string of the molecule is Cc1cc(N)c(Cl)cc1-n1nnnc1C(C)C. The number of rotatable bonds is 2. The van der Waals surface area contributed by atoms with Crippen molar-refractivity contribution >= 4 is 17.3 Å². The summed E-state index contributed by atoms with van der Waals surface area (Å²) in [5.74, 6) is 1.04. The fourth-order valence-electron chi connectivity index (χ4n) is 1.65. The number of nitrogens with two attached hydrogens (primary N) is 1. The maximum absolute atomic E-state index is 6.03. The Bertz CT molecular complexity index is 547. The first kappa shape index (κ1) is 11.9. The quantitative estimate of drug-likeness (QED) is 0.832. The number of halogens is 1. The van der Waals surface area contributed by atoms with E-state index >= 15 is 0 Å².